The summed E-state index contributed by atoms with van der Waals surface area (Å²) in [6, 6.07) is 0.657. The Bertz CT molecular complexity index is 218. The summed E-state index contributed by atoms with van der Waals surface area (Å²) in [5.74, 6) is 0. The lowest BCUT2D eigenvalue weighted by Gasteiger charge is -2.15. The maximum Gasteiger partial charge on any atom is 0.0532 e. The van der Waals surface area contributed by atoms with Gasteiger partial charge in [-0.2, -0.15) is 5.10 Å². The Balaban J connectivity index is 2.20. The highest BCUT2D eigenvalue weighted by atomic mass is 15.1. The largest absolute Gasteiger partial charge is 0.310 e. The average Bonchev–Trinajstić information content (AvgIpc) is 2.71. The van der Waals surface area contributed by atoms with Gasteiger partial charge in [0.25, 0.3) is 0 Å². The van der Waals surface area contributed by atoms with Crippen molar-refractivity contribution >= 4 is 0 Å². The van der Waals surface area contributed by atoms with Gasteiger partial charge in [-0.05, 0) is 12.8 Å². The van der Waals surface area contributed by atoms with E-state index in [9.17, 15) is 0 Å². The van der Waals surface area contributed by atoms with Gasteiger partial charge in [-0.1, -0.05) is 26.7 Å². The zero-order valence-corrected chi connectivity index (χ0v) is 9.21. The Morgan fingerprint density at radius 3 is 2.93 bits per heavy atom. The van der Waals surface area contributed by atoms with Crippen molar-refractivity contribution in [3.05, 3.63) is 18.0 Å². The number of H-pyrrole nitrogens is 1. The Labute approximate surface area is 86.3 Å². The minimum absolute atomic E-state index is 0.657. The van der Waals surface area contributed by atoms with Crippen molar-refractivity contribution in [3.8, 4) is 0 Å². The molecule has 3 nitrogen and oxygen atoms in total. The molecule has 2 N–H and O–H groups in total. The molecule has 0 bridgehead atoms. The van der Waals surface area contributed by atoms with E-state index < -0.39 is 0 Å². The van der Waals surface area contributed by atoms with Gasteiger partial charge in [-0.3, -0.25) is 5.10 Å². The molecule has 0 aliphatic heterocycles. The first-order valence-electron chi connectivity index (χ1n) is 5.57. The average molecular weight is 195 g/mol. The number of aromatic amines is 1. The fourth-order valence-corrected chi connectivity index (χ4v) is 1.54. The topological polar surface area (TPSA) is 40.7 Å². The Hall–Kier alpha value is -0.830. The molecule has 0 fully saturated rings. The van der Waals surface area contributed by atoms with Gasteiger partial charge < -0.3 is 5.32 Å². The van der Waals surface area contributed by atoms with E-state index in [-0.39, 0.29) is 0 Å². The zero-order chi connectivity index (χ0) is 10.2. The second kappa shape index (κ2) is 6.60. The van der Waals surface area contributed by atoms with Crippen molar-refractivity contribution in [2.45, 2.75) is 52.1 Å². The van der Waals surface area contributed by atoms with Crippen molar-refractivity contribution in [2.75, 3.05) is 0 Å². The molecule has 0 saturated carbocycles. The third-order valence-electron chi connectivity index (χ3n) is 2.55. The lowest BCUT2D eigenvalue weighted by molar-refractivity contribution is 0.452. The highest BCUT2D eigenvalue weighted by molar-refractivity contribution is 5.01. The van der Waals surface area contributed by atoms with Gasteiger partial charge in [0.15, 0.2) is 0 Å². The normalized spacial score (nSPS) is 13.0. The minimum Gasteiger partial charge on any atom is -0.310 e. The first-order valence-corrected chi connectivity index (χ1v) is 5.57. The van der Waals surface area contributed by atoms with Crippen LogP contribution in [0.5, 0.6) is 0 Å². The summed E-state index contributed by atoms with van der Waals surface area (Å²) in [5.41, 5.74) is 1.24. The fourth-order valence-electron chi connectivity index (χ4n) is 1.54. The highest BCUT2D eigenvalue weighted by Crippen LogP contribution is 2.05. The first-order chi connectivity index (χ1) is 6.86. The molecule has 0 radical (unpaired) electrons. The van der Waals surface area contributed by atoms with E-state index in [1.165, 1.54) is 31.2 Å². The Morgan fingerprint density at radius 1 is 1.50 bits per heavy atom. The molecule has 80 valence electrons. The molecule has 14 heavy (non-hydrogen) atoms. The minimum atomic E-state index is 0.657. The van der Waals surface area contributed by atoms with Crippen LogP contribution in [-0.2, 0) is 6.54 Å². The van der Waals surface area contributed by atoms with Crippen LogP contribution in [-0.4, -0.2) is 16.2 Å². The number of nitrogens with zero attached hydrogens (tertiary/aromatic N) is 1. The molecule has 1 aromatic rings. The molecule has 0 aliphatic rings. The summed E-state index contributed by atoms with van der Waals surface area (Å²) in [7, 11) is 0. The molecule has 1 rings (SSSR count). The molecule has 1 unspecified atom stereocenters. The Kier molecular flexibility index (Phi) is 5.30. The second-order valence-corrected chi connectivity index (χ2v) is 3.73. The maximum absolute atomic E-state index is 3.92. The van der Waals surface area contributed by atoms with Crippen molar-refractivity contribution in [2.24, 2.45) is 0 Å². The van der Waals surface area contributed by atoms with Crippen molar-refractivity contribution in [1.29, 1.82) is 0 Å². The molecule has 1 atom stereocenters. The van der Waals surface area contributed by atoms with Crippen LogP contribution >= 0.6 is 0 Å². The first kappa shape index (κ1) is 11.2. The van der Waals surface area contributed by atoms with E-state index in [1.807, 2.05) is 12.4 Å². The predicted octanol–water partition coefficient (Wildman–Crippen LogP) is 2.47. The van der Waals surface area contributed by atoms with Crippen molar-refractivity contribution < 1.29 is 0 Å². The second-order valence-electron chi connectivity index (χ2n) is 3.73. The summed E-state index contributed by atoms with van der Waals surface area (Å²) in [4.78, 5) is 0. The summed E-state index contributed by atoms with van der Waals surface area (Å²) in [6.45, 7) is 5.41. The molecule has 0 spiro atoms. The number of unbranched alkanes of at least 4 members (excludes halogenated alkanes) is 1. The van der Waals surface area contributed by atoms with Crippen molar-refractivity contribution in [3.63, 3.8) is 0 Å². The Morgan fingerprint density at radius 2 is 2.36 bits per heavy atom. The lowest BCUT2D eigenvalue weighted by atomic mass is 10.1. The smallest absolute Gasteiger partial charge is 0.0532 e. The molecule has 1 aromatic heterocycles. The van der Waals surface area contributed by atoms with E-state index in [4.69, 9.17) is 0 Å². The molecular formula is C11H21N3. The number of aromatic nitrogens is 2. The number of hydrogen-bond acceptors (Lipinski definition) is 2. The van der Waals surface area contributed by atoms with Crippen LogP contribution in [0.4, 0.5) is 0 Å². The zero-order valence-electron chi connectivity index (χ0n) is 9.21. The number of hydrogen-bond donors (Lipinski definition) is 2. The van der Waals surface area contributed by atoms with Gasteiger partial charge in [0.05, 0.1) is 6.20 Å². The van der Waals surface area contributed by atoms with Crippen molar-refractivity contribution in [1.82, 2.24) is 15.5 Å². The van der Waals surface area contributed by atoms with E-state index in [0.29, 0.717) is 6.04 Å². The monoisotopic (exact) mass is 195 g/mol. The summed E-state index contributed by atoms with van der Waals surface area (Å²) < 4.78 is 0. The number of rotatable bonds is 7. The third kappa shape index (κ3) is 3.92. The SMILES string of the molecule is CCCCC(CC)NCc1cn[nH]c1. The van der Waals surface area contributed by atoms with Crippen LogP contribution in [0.15, 0.2) is 12.4 Å². The molecule has 1 heterocycles. The van der Waals surface area contributed by atoms with Crippen LogP contribution in [0.2, 0.25) is 0 Å². The van der Waals surface area contributed by atoms with Gasteiger partial charge in [0.1, 0.15) is 0 Å². The van der Waals surface area contributed by atoms with Gasteiger partial charge in [-0.15, -0.1) is 0 Å². The number of nitrogens with one attached hydrogen (secondary N) is 2. The fraction of sp³-hybridized carbons (Fsp3) is 0.727. The quantitative estimate of drug-likeness (QED) is 0.701. The van der Waals surface area contributed by atoms with Gasteiger partial charge >= 0.3 is 0 Å². The summed E-state index contributed by atoms with van der Waals surface area (Å²) >= 11 is 0. The van der Waals surface area contributed by atoms with Gasteiger partial charge in [0.2, 0.25) is 0 Å². The van der Waals surface area contributed by atoms with Crippen LogP contribution in [0, 0.1) is 0 Å². The lowest BCUT2D eigenvalue weighted by Crippen LogP contribution is -2.27. The van der Waals surface area contributed by atoms with E-state index in [1.54, 1.807) is 0 Å². The standard InChI is InChI=1S/C11H21N3/c1-3-5-6-11(4-2)12-7-10-8-13-14-9-10/h8-9,11-12H,3-7H2,1-2H3,(H,13,14). The van der Waals surface area contributed by atoms with Gasteiger partial charge in [-0.25, -0.2) is 0 Å². The molecule has 0 amide bonds. The molecule has 3 heteroatoms. The van der Waals surface area contributed by atoms with E-state index >= 15 is 0 Å². The summed E-state index contributed by atoms with van der Waals surface area (Å²) in [6.07, 6.45) is 8.91. The third-order valence-corrected chi connectivity index (χ3v) is 2.55. The van der Waals surface area contributed by atoms with Crippen LogP contribution < -0.4 is 5.32 Å². The van der Waals surface area contributed by atoms with E-state index in [0.717, 1.165) is 6.54 Å². The van der Waals surface area contributed by atoms with Crippen LogP contribution in [0.1, 0.15) is 45.1 Å². The van der Waals surface area contributed by atoms with Crippen LogP contribution in [0.3, 0.4) is 0 Å². The molecule has 0 aromatic carbocycles. The van der Waals surface area contributed by atoms with Gasteiger partial charge in [0, 0.05) is 24.3 Å². The molecule has 0 saturated heterocycles. The van der Waals surface area contributed by atoms with E-state index in [2.05, 4.69) is 29.4 Å². The maximum atomic E-state index is 3.92. The molecule has 0 aliphatic carbocycles. The highest BCUT2D eigenvalue weighted by Gasteiger charge is 2.04. The molecular weight excluding hydrogens is 174 g/mol. The predicted molar refractivity (Wildman–Crippen MR) is 59.0 cm³/mol. The van der Waals surface area contributed by atoms with Crippen LogP contribution in [0.25, 0.3) is 0 Å². The summed E-state index contributed by atoms with van der Waals surface area (Å²) in [5, 5.41) is 10.3.